The molecule has 0 radical (unpaired) electrons. The second kappa shape index (κ2) is 12.3. The predicted octanol–water partition coefficient (Wildman–Crippen LogP) is 6.59. The highest BCUT2D eigenvalue weighted by atomic mass is 19.3. The van der Waals surface area contributed by atoms with E-state index >= 15 is 0 Å². The van der Waals surface area contributed by atoms with Crippen molar-refractivity contribution in [1.82, 2.24) is 9.55 Å². The van der Waals surface area contributed by atoms with E-state index in [-0.39, 0.29) is 17.5 Å². The van der Waals surface area contributed by atoms with Crippen LogP contribution in [0.4, 0.5) is 8.78 Å². The van der Waals surface area contributed by atoms with Crippen LogP contribution in [-0.4, -0.2) is 28.7 Å². The van der Waals surface area contributed by atoms with Gasteiger partial charge in [-0.1, -0.05) is 49.4 Å². The minimum Gasteiger partial charge on any atom is -0.493 e. The van der Waals surface area contributed by atoms with Gasteiger partial charge in [-0.2, -0.15) is 0 Å². The molecule has 0 saturated carbocycles. The Balaban J connectivity index is 1.64. The van der Waals surface area contributed by atoms with Gasteiger partial charge in [0.15, 0.2) is 0 Å². The molecular weight excluding hydrogens is 438 g/mol. The summed E-state index contributed by atoms with van der Waals surface area (Å²) in [7, 11) is 0. The van der Waals surface area contributed by atoms with Crippen LogP contribution in [0.15, 0.2) is 54.7 Å². The summed E-state index contributed by atoms with van der Waals surface area (Å²) in [5, 5.41) is 0. The van der Waals surface area contributed by atoms with Crippen molar-refractivity contribution in [2.24, 2.45) is 5.92 Å². The molecule has 34 heavy (non-hydrogen) atoms. The number of carbonyl (C=O) groups is 1. The van der Waals surface area contributed by atoms with Gasteiger partial charge in [0.25, 0.3) is 6.43 Å². The molecule has 182 valence electrons. The van der Waals surface area contributed by atoms with Crippen molar-refractivity contribution in [2.45, 2.75) is 53.0 Å². The SMILES string of the molecule is CCOC(=O)C[C@H](C)CCCOc1ccccc1Cn1c(C)cnc1-c1ccc(C(F)F)cc1. The fourth-order valence-corrected chi connectivity index (χ4v) is 3.83. The number of alkyl halides is 2. The molecule has 0 aliphatic heterocycles. The first-order valence-electron chi connectivity index (χ1n) is 11.7. The average Bonchev–Trinajstić information content (AvgIpc) is 3.18. The summed E-state index contributed by atoms with van der Waals surface area (Å²) in [6, 6.07) is 14.1. The number of ether oxygens (including phenoxy) is 2. The minimum absolute atomic E-state index is 0.00565. The summed E-state index contributed by atoms with van der Waals surface area (Å²) in [5.74, 6) is 1.61. The summed E-state index contributed by atoms with van der Waals surface area (Å²) in [4.78, 5) is 16.1. The quantitative estimate of drug-likeness (QED) is 0.221. The van der Waals surface area contributed by atoms with Gasteiger partial charge in [0.05, 0.1) is 19.8 Å². The molecule has 0 aliphatic carbocycles. The molecule has 5 nitrogen and oxygen atoms in total. The van der Waals surface area contributed by atoms with E-state index in [0.29, 0.717) is 26.2 Å². The molecule has 1 heterocycles. The average molecular weight is 471 g/mol. The van der Waals surface area contributed by atoms with Crippen LogP contribution in [0.3, 0.4) is 0 Å². The fraction of sp³-hybridized carbons (Fsp3) is 0.407. The summed E-state index contributed by atoms with van der Waals surface area (Å²) in [6.07, 6.45) is 1.42. The third kappa shape index (κ3) is 6.89. The van der Waals surface area contributed by atoms with Crippen LogP contribution in [-0.2, 0) is 16.1 Å². The summed E-state index contributed by atoms with van der Waals surface area (Å²) in [6.45, 7) is 7.33. The maximum Gasteiger partial charge on any atom is 0.306 e. The van der Waals surface area contributed by atoms with E-state index < -0.39 is 6.43 Å². The number of aryl methyl sites for hydroxylation is 1. The Hall–Kier alpha value is -3.22. The lowest BCUT2D eigenvalue weighted by Gasteiger charge is -2.16. The van der Waals surface area contributed by atoms with E-state index in [1.807, 2.05) is 45.0 Å². The van der Waals surface area contributed by atoms with Gasteiger partial charge >= 0.3 is 5.97 Å². The second-order valence-corrected chi connectivity index (χ2v) is 8.44. The number of imidazole rings is 1. The lowest BCUT2D eigenvalue weighted by atomic mass is 10.0. The molecule has 1 atom stereocenters. The predicted molar refractivity (Wildman–Crippen MR) is 128 cm³/mol. The maximum absolute atomic E-state index is 12.9. The molecule has 1 aromatic heterocycles. The fourth-order valence-electron chi connectivity index (χ4n) is 3.83. The number of halogens is 2. The second-order valence-electron chi connectivity index (χ2n) is 8.44. The highest BCUT2D eigenvalue weighted by Crippen LogP contribution is 2.27. The van der Waals surface area contributed by atoms with Crippen LogP contribution < -0.4 is 4.74 Å². The van der Waals surface area contributed by atoms with Gasteiger partial charge in [0, 0.05) is 35.0 Å². The monoisotopic (exact) mass is 470 g/mol. The topological polar surface area (TPSA) is 53.4 Å². The molecule has 0 fully saturated rings. The van der Waals surface area contributed by atoms with Crippen molar-refractivity contribution < 1.29 is 23.0 Å². The molecule has 0 saturated heterocycles. The Kier molecular flexibility index (Phi) is 9.19. The van der Waals surface area contributed by atoms with Gasteiger partial charge < -0.3 is 14.0 Å². The number of nitrogens with zero attached hydrogens (tertiary/aromatic N) is 2. The number of hydrogen-bond donors (Lipinski definition) is 0. The molecule has 0 unspecified atom stereocenters. The Morgan fingerprint density at radius 1 is 1.12 bits per heavy atom. The Bertz CT molecular complexity index is 1060. The van der Waals surface area contributed by atoms with Crippen LogP contribution in [0.25, 0.3) is 11.4 Å². The van der Waals surface area contributed by atoms with Crippen LogP contribution >= 0.6 is 0 Å². The Labute approximate surface area is 199 Å². The molecule has 0 N–H and O–H groups in total. The van der Waals surface area contributed by atoms with E-state index in [4.69, 9.17) is 9.47 Å². The zero-order chi connectivity index (χ0) is 24.5. The molecule has 0 aliphatic rings. The van der Waals surface area contributed by atoms with Crippen LogP contribution in [0.2, 0.25) is 0 Å². The molecule has 7 heteroatoms. The standard InChI is InChI=1S/C27H32F2N2O3/c1-4-33-25(32)16-19(2)8-7-15-34-24-10-6-5-9-23(24)18-31-20(3)17-30-27(31)22-13-11-21(12-14-22)26(28)29/h5-6,9-14,17,19,26H,4,7-8,15-16,18H2,1-3H3/t19-/m1/s1. The minimum atomic E-state index is -2.49. The van der Waals surface area contributed by atoms with Crippen molar-refractivity contribution in [3.8, 4) is 17.1 Å². The van der Waals surface area contributed by atoms with Gasteiger partial charge in [-0.15, -0.1) is 0 Å². The van der Waals surface area contributed by atoms with Crippen molar-refractivity contribution >= 4 is 5.97 Å². The molecule has 3 rings (SSSR count). The molecule has 0 bridgehead atoms. The lowest BCUT2D eigenvalue weighted by Crippen LogP contribution is -2.11. The molecule has 0 amide bonds. The third-order valence-corrected chi connectivity index (χ3v) is 5.70. The maximum atomic E-state index is 12.9. The summed E-state index contributed by atoms with van der Waals surface area (Å²) in [5.41, 5.74) is 2.75. The van der Waals surface area contributed by atoms with Gasteiger partial charge in [0.2, 0.25) is 0 Å². The first kappa shape index (κ1) is 25.4. The summed E-state index contributed by atoms with van der Waals surface area (Å²) < 4.78 is 39.0. The Morgan fingerprint density at radius 3 is 2.56 bits per heavy atom. The van der Waals surface area contributed by atoms with E-state index in [1.54, 1.807) is 18.3 Å². The molecule has 3 aromatic rings. The number of hydrogen-bond acceptors (Lipinski definition) is 4. The van der Waals surface area contributed by atoms with Crippen LogP contribution in [0.5, 0.6) is 5.75 Å². The number of esters is 1. The normalized spacial score (nSPS) is 12.1. The number of para-hydroxylation sites is 1. The van der Waals surface area contributed by atoms with E-state index in [2.05, 4.69) is 9.55 Å². The first-order chi connectivity index (χ1) is 16.4. The highest BCUT2D eigenvalue weighted by molar-refractivity contribution is 5.69. The number of aromatic nitrogens is 2. The van der Waals surface area contributed by atoms with Gasteiger partial charge in [-0.3, -0.25) is 4.79 Å². The highest BCUT2D eigenvalue weighted by Gasteiger charge is 2.14. The van der Waals surface area contributed by atoms with Gasteiger partial charge in [-0.25, -0.2) is 13.8 Å². The van der Waals surface area contributed by atoms with Crippen molar-refractivity contribution in [3.63, 3.8) is 0 Å². The van der Waals surface area contributed by atoms with Crippen molar-refractivity contribution in [1.29, 1.82) is 0 Å². The van der Waals surface area contributed by atoms with E-state index in [1.165, 1.54) is 12.1 Å². The molecule has 2 aromatic carbocycles. The Morgan fingerprint density at radius 2 is 1.85 bits per heavy atom. The van der Waals surface area contributed by atoms with Crippen molar-refractivity contribution in [2.75, 3.05) is 13.2 Å². The van der Waals surface area contributed by atoms with Gasteiger partial charge in [-0.05, 0) is 38.7 Å². The summed E-state index contributed by atoms with van der Waals surface area (Å²) >= 11 is 0. The smallest absolute Gasteiger partial charge is 0.306 e. The lowest BCUT2D eigenvalue weighted by molar-refractivity contribution is -0.144. The van der Waals surface area contributed by atoms with Gasteiger partial charge in [0.1, 0.15) is 11.6 Å². The third-order valence-electron chi connectivity index (χ3n) is 5.70. The molecular formula is C27H32F2N2O3. The number of rotatable bonds is 12. The largest absolute Gasteiger partial charge is 0.493 e. The van der Waals surface area contributed by atoms with Crippen molar-refractivity contribution in [3.05, 3.63) is 71.5 Å². The zero-order valence-electron chi connectivity index (χ0n) is 20.0. The van der Waals surface area contributed by atoms with E-state index in [0.717, 1.165) is 41.2 Å². The van der Waals surface area contributed by atoms with Crippen LogP contribution in [0, 0.1) is 12.8 Å². The number of carbonyl (C=O) groups excluding carboxylic acids is 1. The number of benzene rings is 2. The van der Waals surface area contributed by atoms with Crippen LogP contribution in [0.1, 0.15) is 56.4 Å². The first-order valence-corrected chi connectivity index (χ1v) is 11.7. The molecule has 0 spiro atoms. The van der Waals surface area contributed by atoms with E-state index in [9.17, 15) is 13.6 Å². The zero-order valence-corrected chi connectivity index (χ0v) is 20.0.